The van der Waals surface area contributed by atoms with Gasteiger partial charge in [-0.05, 0) is 79.1 Å². The molecule has 1 unspecified atom stereocenters. The maximum absolute atomic E-state index is 14.0. The summed E-state index contributed by atoms with van der Waals surface area (Å²) < 4.78 is 10.7. The minimum atomic E-state index is -1.45. The number of rotatable bonds is 24. The molecule has 21 nitrogen and oxygen atoms in total. The van der Waals surface area contributed by atoms with Crippen LogP contribution in [-0.2, 0) is 62.2 Å². The summed E-state index contributed by atoms with van der Waals surface area (Å²) in [6.07, 6.45) is -0.501. The second-order valence-corrected chi connectivity index (χ2v) is 18.2. The van der Waals surface area contributed by atoms with Gasteiger partial charge < -0.3 is 51.4 Å². The summed E-state index contributed by atoms with van der Waals surface area (Å²) >= 11 is 0. The van der Waals surface area contributed by atoms with Gasteiger partial charge in [-0.2, -0.15) is 0 Å². The Morgan fingerprint density at radius 1 is 0.698 bits per heavy atom. The van der Waals surface area contributed by atoms with Gasteiger partial charge in [-0.15, -0.1) is 0 Å². The van der Waals surface area contributed by atoms with Crippen LogP contribution in [-0.4, -0.2) is 136 Å². The molecule has 0 spiro atoms. The zero-order valence-electron chi connectivity index (χ0n) is 38.7. The number of esters is 2. The lowest BCUT2D eigenvalue weighted by atomic mass is 9.98. The molecule has 0 aromatic rings. The summed E-state index contributed by atoms with van der Waals surface area (Å²) in [5, 5.41) is 23.7. The fraction of sp³-hybridized carbons (Fsp3) is 0.738. The smallest absolute Gasteiger partial charge is 0.322 e. The summed E-state index contributed by atoms with van der Waals surface area (Å²) in [5.74, 6) is -10.5. The van der Waals surface area contributed by atoms with E-state index in [1.807, 2.05) is 5.32 Å². The molecule has 63 heavy (non-hydrogen) atoms. The number of likely N-dealkylation sites (tertiary alicyclic amines) is 1. The van der Waals surface area contributed by atoms with Gasteiger partial charge in [-0.3, -0.25) is 52.7 Å². The van der Waals surface area contributed by atoms with Crippen LogP contribution in [0.15, 0.2) is 0 Å². The molecule has 0 aliphatic carbocycles. The van der Waals surface area contributed by atoms with E-state index in [1.165, 1.54) is 11.8 Å². The van der Waals surface area contributed by atoms with Crippen molar-refractivity contribution >= 4 is 65.0 Å². The molecule has 0 aromatic carbocycles. The van der Waals surface area contributed by atoms with E-state index >= 15 is 0 Å². The number of ketones is 1. The average molecular weight is 896 g/mol. The first-order valence-electron chi connectivity index (χ1n) is 21.2. The molecule has 7 N–H and O–H groups in total. The van der Waals surface area contributed by atoms with Crippen LogP contribution < -0.4 is 31.9 Å². The standard InChI is InChI=1S/C42H69N7O14/c1-13-14-28(34(55)39(60)43-21-29(51)52)49-20-19-27(40(49)61)46-37(58)32(22(2)3)48-38(59)33(23(4)5)47-36(57)26(16-18-31(54)63-42(10,11)12)45-35(56)25(44-24(6)50)15-17-30(53)62-41(7,8)9/h22-23,25-28,32-33H,13-21H2,1-12H3,(H,43,60)(H,44,50)(H,45,56)(H,46,58)(H,47,57)(H,48,59)(H,51,52)/t25-,26-,27-,28?,32-,33-/m0/s1. The van der Waals surface area contributed by atoms with Crippen LogP contribution in [0.1, 0.15) is 128 Å². The fourth-order valence-electron chi connectivity index (χ4n) is 6.43. The van der Waals surface area contributed by atoms with Crippen molar-refractivity contribution in [1.29, 1.82) is 0 Å². The molecule has 1 fully saturated rings. The largest absolute Gasteiger partial charge is 0.480 e. The Labute approximate surface area is 369 Å². The highest BCUT2D eigenvalue weighted by Crippen LogP contribution is 2.20. The molecule has 1 heterocycles. The number of carbonyl (C=O) groups excluding carboxylic acids is 10. The van der Waals surface area contributed by atoms with Crippen molar-refractivity contribution in [2.75, 3.05) is 13.1 Å². The Balaban J connectivity index is 3.28. The van der Waals surface area contributed by atoms with Gasteiger partial charge in [0, 0.05) is 26.3 Å². The molecular weight excluding hydrogens is 826 g/mol. The number of aliphatic carboxylic acids is 1. The third-order valence-corrected chi connectivity index (χ3v) is 9.36. The lowest BCUT2D eigenvalue weighted by Crippen LogP contribution is -2.60. The Hall–Kier alpha value is -5.63. The topological polar surface area (TPSA) is 302 Å². The molecular formula is C42H69N7O14. The van der Waals surface area contributed by atoms with Gasteiger partial charge in [0.2, 0.25) is 41.2 Å². The molecule has 21 heteroatoms. The van der Waals surface area contributed by atoms with Crippen molar-refractivity contribution in [3.8, 4) is 0 Å². The maximum atomic E-state index is 14.0. The van der Waals surface area contributed by atoms with E-state index in [0.717, 1.165) is 0 Å². The fourth-order valence-corrected chi connectivity index (χ4v) is 6.43. The summed E-state index contributed by atoms with van der Waals surface area (Å²) in [7, 11) is 0. The molecule has 1 aliphatic rings. The quantitative estimate of drug-likeness (QED) is 0.0502. The van der Waals surface area contributed by atoms with Crippen molar-refractivity contribution in [1.82, 2.24) is 36.8 Å². The second-order valence-electron chi connectivity index (χ2n) is 18.2. The van der Waals surface area contributed by atoms with Gasteiger partial charge in [0.05, 0.1) is 0 Å². The number of amides is 7. The molecule has 0 aromatic heterocycles. The van der Waals surface area contributed by atoms with Crippen molar-refractivity contribution in [3.63, 3.8) is 0 Å². The highest BCUT2D eigenvalue weighted by Gasteiger charge is 2.42. The van der Waals surface area contributed by atoms with E-state index in [4.69, 9.17) is 14.6 Å². The molecule has 0 saturated carbocycles. The van der Waals surface area contributed by atoms with Gasteiger partial charge in [-0.1, -0.05) is 41.0 Å². The first-order chi connectivity index (χ1) is 29.0. The predicted octanol–water partition coefficient (Wildman–Crippen LogP) is 0.157. The SMILES string of the molecule is CCCC(C(=O)C(=O)NCC(=O)O)N1CC[C@H](NC(=O)[C@@H](NC(=O)[C@@H](NC(=O)[C@H](CCC(=O)OC(C)(C)C)NC(=O)[C@H](CCC(=O)OC(C)(C)C)NC(C)=O)C(C)C)C(C)C)C1=O. The van der Waals surface area contributed by atoms with Gasteiger partial charge in [0.15, 0.2) is 0 Å². The van der Waals surface area contributed by atoms with E-state index in [9.17, 15) is 52.7 Å². The third-order valence-electron chi connectivity index (χ3n) is 9.36. The Morgan fingerprint density at radius 3 is 1.60 bits per heavy atom. The first kappa shape index (κ1) is 55.4. The van der Waals surface area contributed by atoms with Crippen molar-refractivity contribution in [3.05, 3.63) is 0 Å². The van der Waals surface area contributed by atoms with E-state index in [-0.39, 0.29) is 45.1 Å². The lowest BCUT2D eigenvalue weighted by molar-refractivity contribution is -0.156. The van der Waals surface area contributed by atoms with E-state index < -0.39 is 131 Å². The first-order valence-corrected chi connectivity index (χ1v) is 21.2. The maximum Gasteiger partial charge on any atom is 0.322 e. The number of hydrogen-bond donors (Lipinski definition) is 7. The minimum absolute atomic E-state index is 0.00743. The molecule has 7 amide bonds. The number of carboxylic acid groups (broad SMARTS) is 1. The van der Waals surface area contributed by atoms with Crippen LogP contribution in [0.4, 0.5) is 0 Å². The van der Waals surface area contributed by atoms with Crippen LogP contribution >= 0.6 is 0 Å². The van der Waals surface area contributed by atoms with E-state index in [2.05, 4.69) is 26.6 Å². The van der Waals surface area contributed by atoms with Gasteiger partial charge >= 0.3 is 17.9 Å². The van der Waals surface area contributed by atoms with E-state index in [0.29, 0.717) is 6.42 Å². The number of nitrogens with one attached hydrogen (secondary N) is 6. The zero-order chi connectivity index (χ0) is 48.6. The van der Waals surface area contributed by atoms with Crippen LogP contribution in [0.5, 0.6) is 0 Å². The lowest BCUT2D eigenvalue weighted by Gasteiger charge is -2.30. The third kappa shape index (κ3) is 20.0. The van der Waals surface area contributed by atoms with Crippen molar-refractivity contribution < 1.29 is 67.3 Å². The highest BCUT2D eigenvalue weighted by molar-refractivity contribution is 6.38. The summed E-state index contributed by atoms with van der Waals surface area (Å²) in [4.78, 5) is 143. The number of nitrogens with zero attached hydrogens (tertiary/aromatic N) is 1. The predicted molar refractivity (Wildman–Crippen MR) is 226 cm³/mol. The average Bonchev–Trinajstić information content (AvgIpc) is 3.49. The van der Waals surface area contributed by atoms with Crippen molar-refractivity contribution in [2.24, 2.45) is 11.8 Å². The monoisotopic (exact) mass is 895 g/mol. The normalized spacial score (nSPS) is 16.4. The zero-order valence-corrected chi connectivity index (χ0v) is 38.7. The highest BCUT2D eigenvalue weighted by atomic mass is 16.6. The Morgan fingerprint density at radius 2 is 1.16 bits per heavy atom. The Bertz CT molecular complexity index is 1700. The van der Waals surface area contributed by atoms with Crippen LogP contribution in [0.25, 0.3) is 0 Å². The minimum Gasteiger partial charge on any atom is -0.480 e. The number of hydrogen-bond acceptors (Lipinski definition) is 13. The van der Waals surface area contributed by atoms with Crippen LogP contribution in [0.2, 0.25) is 0 Å². The number of carbonyl (C=O) groups is 11. The van der Waals surface area contributed by atoms with Gasteiger partial charge in [0.25, 0.3) is 5.91 Å². The molecule has 6 atom stereocenters. The van der Waals surface area contributed by atoms with Gasteiger partial charge in [0.1, 0.15) is 54.0 Å². The Kier molecular flexibility index (Phi) is 21.9. The molecule has 1 aliphatic heterocycles. The molecule has 0 radical (unpaired) electrons. The molecule has 0 bridgehead atoms. The molecule has 1 saturated heterocycles. The molecule has 1 rings (SSSR count). The number of ether oxygens (including phenoxy) is 2. The van der Waals surface area contributed by atoms with Crippen LogP contribution in [0, 0.1) is 11.8 Å². The summed E-state index contributed by atoms with van der Waals surface area (Å²) in [5.41, 5.74) is -1.67. The summed E-state index contributed by atoms with van der Waals surface area (Å²) in [6.45, 7) is 18.6. The van der Waals surface area contributed by atoms with Crippen LogP contribution in [0.3, 0.4) is 0 Å². The number of Topliss-reactive ketones (excluding diaryl/α,β-unsaturated/α-hetero) is 1. The summed E-state index contributed by atoms with van der Waals surface area (Å²) in [6, 6.07) is -7.60. The number of carboxylic acids is 1. The second kappa shape index (κ2) is 24.9. The van der Waals surface area contributed by atoms with Gasteiger partial charge in [-0.25, -0.2) is 0 Å². The van der Waals surface area contributed by atoms with E-state index in [1.54, 1.807) is 76.2 Å². The molecule has 356 valence electrons. The van der Waals surface area contributed by atoms with Crippen molar-refractivity contribution in [2.45, 2.75) is 175 Å².